The number of benzene rings is 1. The van der Waals surface area contributed by atoms with Crippen molar-refractivity contribution in [3.8, 4) is 0 Å². The van der Waals surface area contributed by atoms with Gasteiger partial charge < -0.3 is 15.4 Å². The molecule has 1 aromatic rings. The number of nitrogens with one attached hydrogen (secondary N) is 2. The summed E-state index contributed by atoms with van der Waals surface area (Å²) in [6.07, 6.45) is 1.73. The van der Waals surface area contributed by atoms with Crippen molar-refractivity contribution >= 4 is 41.1 Å². The van der Waals surface area contributed by atoms with Gasteiger partial charge in [0.1, 0.15) is 12.1 Å². The SMILES string of the molecule is Cc1c(Cl)cccc1NC(=O)COC(=O)CN1C(=O)N[C@](C)(C2CC2)C1=O. The first-order valence-electron chi connectivity index (χ1n) is 8.57. The van der Waals surface area contributed by atoms with Crippen molar-refractivity contribution < 1.29 is 23.9 Å². The number of anilines is 1. The first-order chi connectivity index (χ1) is 12.7. The number of hydrogen-bond acceptors (Lipinski definition) is 5. The van der Waals surface area contributed by atoms with Crippen molar-refractivity contribution in [1.82, 2.24) is 10.2 Å². The number of carbonyl (C=O) groups is 4. The normalized spacial score (nSPS) is 21.8. The average Bonchev–Trinajstić information content (AvgIpc) is 3.43. The second-order valence-corrected chi connectivity index (χ2v) is 7.33. The summed E-state index contributed by atoms with van der Waals surface area (Å²) in [6, 6.07) is 4.43. The molecule has 27 heavy (non-hydrogen) atoms. The van der Waals surface area contributed by atoms with E-state index in [0.717, 1.165) is 17.7 Å². The molecule has 2 aliphatic rings. The third kappa shape index (κ3) is 3.90. The lowest BCUT2D eigenvalue weighted by Crippen LogP contribution is -2.46. The zero-order valence-electron chi connectivity index (χ0n) is 15.0. The number of halogens is 1. The highest BCUT2D eigenvalue weighted by atomic mass is 35.5. The lowest BCUT2D eigenvalue weighted by molar-refractivity contribution is -0.150. The van der Waals surface area contributed by atoms with Crippen LogP contribution >= 0.6 is 11.6 Å². The smallest absolute Gasteiger partial charge is 0.326 e. The third-order valence-corrected chi connectivity index (χ3v) is 5.30. The van der Waals surface area contributed by atoms with Gasteiger partial charge >= 0.3 is 12.0 Å². The molecule has 2 fully saturated rings. The quantitative estimate of drug-likeness (QED) is 0.567. The number of hydrogen-bond donors (Lipinski definition) is 2. The summed E-state index contributed by atoms with van der Waals surface area (Å²) >= 11 is 5.98. The van der Waals surface area contributed by atoms with Crippen molar-refractivity contribution in [3.05, 3.63) is 28.8 Å². The summed E-state index contributed by atoms with van der Waals surface area (Å²) in [5.41, 5.74) is 0.245. The predicted octanol–water partition coefficient (Wildman–Crippen LogP) is 1.85. The monoisotopic (exact) mass is 393 g/mol. The van der Waals surface area contributed by atoms with Crippen LogP contribution < -0.4 is 10.6 Å². The Morgan fingerprint density at radius 2 is 2.07 bits per heavy atom. The highest BCUT2D eigenvalue weighted by molar-refractivity contribution is 6.31. The molecule has 1 heterocycles. The Labute approximate surface area is 161 Å². The van der Waals surface area contributed by atoms with Gasteiger partial charge in [0.2, 0.25) is 0 Å². The van der Waals surface area contributed by atoms with Gasteiger partial charge in [-0.2, -0.15) is 0 Å². The predicted molar refractivity (Wildman–Crippen MR) is 97.2 cm³/mol. The van der Waals surface area contributed by atoms with Crippen LogP contribution in [0.5, 0.6) is 0 Å². The van der Waals surface area contributed by atoms with Crippen molar-refractivity contribution in [2.24, 2.45) is 5.92 Å². The topological polar surface area (TPSA) is 105 Å². The van der Waals surface area contributed by atoms with Crippen molar-refractivity contribution in [1.29, 1.82) is 0 Å². The van der Waals surface area contributed by atoms with Crippen LogP contribution in [0, 0.1) is 12.8 Å². The van der Waals surface area contributed by atoms with Crippen LogP contribution in [0.2, 0.25) is 5.02 Å². The molecule has 1 atom stereocenters. The summed E-state index contributed by atoms with van der Waals surface area (Å²) in [4.78, 5) is 49.2. The van der Waals surface area contributed by atoms with E-state index in [4.69, 9.17) is 16.3 Å². The van der Waals surface area contributed by atoms with Gasteiger partial charge in [-0.3, -0.25) is 19.3 Å². The van der Waals surface area contributed by atoms with E-state index in [2.05, 4.69) is 10.6 Å². The fourth-order valence-corrected chi connectivity index (χ4v) is 3.22. The summed E-state index contributed by atoms with van der Waals surface area (Å²) < 4.78 is 4.89. The number of nitrogens with zero attached hydrogens (tertiary/aromatic N) is 1. The van der Waals surface area contributed by atoms with Crippen LogP contribution in [0.3, 0.4) is 0 Å². The first kappa shape index (κ1) is 19.2. The number of ether oxygens (including phenoxy) is 1. The van der Waals surface area contributed by atoms with Gasteiger partial charge in [-0.05, 0) is 50.3 Å². The van der Waals surface area contributed by atoms with Crippen LogP contribution in [0.15, 0.2) is 18.2 Å². The number of urea groups is 1. The molecule has 0 spiro atoms. The Bertz CT molecular complexity index is 823. The van der Waals surface area contributed by atoms with Gasteiger partial charge in [-0.15, -0.1) is 0 Å². The van der Waals surface area contributed by atoms with E-state index >= 15 is 0 Å². The highest BCUT2D eigenvalue weighted by Crippen LogP contribution is 2.42. The van der Waals surface area contributed by atoms with E-state index in [1.807, 2.05) is 0 Å². The van der Waals surface area contributed by atoms with Crippen LogP contribution in [-0.2, 0) is 19.1 Å². The van der Waals surface area contributed by atoms with Crippen LogP contribution in [0.25, 0.3) is 0 Å². The number of carbonyl (C=O) groups excluding carboxylic acids is 4. The van der Waals surface area contributed by atoms with E-state index in [1.54, 1.807) is 32.0 Å². The molecule has 1 aliphatic carbocycles. The largest absolute Gasteiger partial charge is 0.454 e. The van der Waals surface area contributed by atoms with Crippen molar-refractivity contribution in [2.75, 3.05) is 18.5 Å². The molecular weight excluding hydrogens is 374 g/mol. The van der Waals surface area contributed by atoms with E-state index in [1.165, 1.54) is 0 Å². The van der Waals surface area contributed by atoms with Crippen LogP contribution in [-0.4, -0.2) is 47.4 Å². The summed E-state index contributed by atoms with van der Waals surface area (Å²) in [7, 11) is 0. The molecule has 0 radical (unpaired) electrons. The van der Waals surface area contributed by atoms with Gasteiger partial charge in [-0.25, -0.2) is 4.79 Å². The molecule has 1 aromatic carbocycles. The molecule has 144 valence electrons. The van der Waals surface area contributed by atoms with Crippen molar-refractivity contribution in [3.63, 3.8) is 0 Å². The number of amides is 4. The Hall–Kier alpha value is -2.61. The van der Waals surface area contributed by atoms with Gasteiger partial charge in [0.15, 0.2) is 6.61 Å². The Morgan fingerprint density at radius 3 is 2.74 bits per heavy atom. The summed E-state index contributed by atoms with van der Waals surface area (Å²) in [5, 5.41) is 5.74. The molecule has 1 aliphatic heterocycles. The lowest BCUT2D eigenvalue weighted by atomic mass is 9.96. The second kappa shape index (κ2) is 7.19. The van der Waals surface area contributed by atoms with E-state index < -0.39 is 42.5 Å². The summed E-state index contributed by atoms with van der Waals surface area (Å²) in [5.74, 6) is -1.72. The molecule has 9 heteroatoms. The minimum atomic E-state index is -0.959. The Balaban J connectivity index is 1.51. The molecular formula is C18H20ClN3O5. The van der Waals surface area contributed by atoms with E-state index in [-0.39, 0.29) is 5.92 Å². The first-order valence-corrected chi connectivity index (χ1v) is 8.95. The standard InChI is InChI=1S/C18H20ClN3O5/c1-10-12(19)4-3-5-13(10)20-14(23)9-27-15(24)8-22-16(25)18(2,11-6-7-11)21-17(22)26/h3-5,11H,6-9H2,1-2H3,(H,20,23)(H,21,26)/t18-/m1/s1. The van der Waals surface area contributed by atoms with Crippen molar-refractivity contribution in [2.45, 2.75) is 32.2 Å². The lowest BCUT2D eigenvalue weighted by Gasteiger charge is -2.20. The highest BCUT2D eigenvalue weighted by Gasteiger charge is 2.56. The number of rotatable bonds is 6. The number of esters is 1. The third-order valence-electron chi connectivity index (χ3n) is 4.89. The molecule has 1 saturated carbocycles. The summed E-state index contributed by atoms with van der Waals surface area (Å²) in [6.45, 7) is 2.35. The van der Waals surface area contributed by atoms with Gasteiger partial charge in [0.05, 0.1) is 0 Å². The molecule has 0 unspecified atom stereocenters. The average molecular weight is 394 g/mol. The molecule has 1 saturated heterocycles. The molecule has 0 aromatic heterocycles. The Kier molecular flexibility index (Phi) is 5.10. The van der Waals surface area contributed by atoms with Crippen LogP contribution in [0.4, 0.5) is 10.5 Å². The van der Waals surface area contributed by atoms with Gasteiger partial charge in [-0.1, -0.05) is 17.7 Å². The zero-order valence-corrected chi connectivity index (χ0v) is 15.8. The maximum atomic E-state index is 12.4. The molecule has 4 amide bonds. The molecule has 3 rings (SSSR count). The van der Waals surface area contributed by atoms with Gasteiger partial charge in [0.25, 0.3) is 11.8 Å². The second-order valence-electron chi connectivity index (χ2n) is 6.92. The molecule has 8 nitrogen and oxygen atoms in total. The van der Waals surface area contributed by atoms with E-state index in [9.17, 15) is 19.2 Å². The fourth-order valence-electron chi connectivity index (χ4n) is 3.05. The fraction of sp³-hybridized carbons (Fsp3) is 0.444. The maximum Gasteiger partial charge on any atom is 0.326 e. The Morgan fingerprint density at radius 1 is 1.37 bits per heavy atom. The molecule has 2 N–H and O–H groups in total. The van der Waals surface area contributed by atoms with Gasteiger partial charge in [0, 0.05) is 10.7 Å². The molecule has 0 bridgehead atoms. The number of imide groups is 1. The van der Waals surface area contributed by atoms with Crippen LogP contribution in [0.1, 0.15) is 25.3 Å². The zero-order chi connectivity index (χ0) is 19.8. The minimum Gasteiger partial charge on any atom is -0.454 e. The van der Waals surface area contributed by atoms with E-state index in [0.29, 0.717) is 16.3 Å². The maximum absolute atomic E-state index is 12.4. The minimum absolute atomic E-state index is 0.0988.